The average Bonchev–Trinajstić information content (AvgIpc) is 1.93. The molecular weight excluding hydrogens is 192 g/mol. The second-order valence-corrected chi connectivity index (χ2v) is 4.64. The van der Waals surface area contributed by atoms with Crippen molar-refractivity contribution in [3.63, 3.8) is 0 Å². The summed E-state index contributed by atoms with van der Waals surface area (Å²) in [5, 5.41) is 4.72. The van der Waals surface area contributed by atoms with Gasteiger partial charge in [-0.1, -0.05) is 13.8 Å². The zero-order valence-electron chi connectivity index (χ0n) is 8.12. The van der Waals surface area contributed by atoms with Gasteiger partial charge >= 0.3 is 0 Å². The fourth-order valence-electron chi connectivity index (χ4n) is 0.708. The van der Waals surface area contributed by atoms with E-state index in [1.54, 1.807) is 0 Å². The quantitative estimate of drug-likeness (QED) is 0.573. The summed E-state index contributed by atoms with van der Waals surface area (Å²) < 4.78 is 28.2. The van der Waals surface area contributed by atoms with Gasteiger partial charge in [0.1, 0.15) is 0 Å². The Hall–Kier alpha value is -0.170. The summed E-state index contributed by atoms with van der Waals surface area (Å²) in [7, 11) is -3.53. The molecule has 0 saturated carbocycles. The Bertz CT molecular complexity index is 214. The number of hydrogen-bond acceptors (Lipinski definition) is 3. The molecule has 80 valence electrons. The van der Waals surface area contributed by atoms with Crippen LogP contribution in [0.3, 0.4) is 0 Å². The molecule has 3 N–H and O–H groups in total. The minimum atomic E-state index is -3.53. The molecule has 0 bridgehead atoms. The molecular formula is C7H18N2O3S. The minimum absolute atomic E-state index is 0.330. The lowest BCUT2D eigenvalue weighted by molar-refractivity contribution is 0.108. The Balaban J connectivity index is 3.18. The van der Waals surface area contributed by atoms with Crippen molar-refractivity contribution in [2.45, 2.75) is 20.3 Å². The molecule has 0 aromatic heterocycles. The third-order valence-corrected chi connectivity index (χ3v) is 1.83. The Morgan fingerprint density at radius 2 is 2.08 bits per heavy atom. The first-order chi connectivity index (χ1) is 5.92. The Labute approximate surface area is 79.8 Å². The van der Waals surface area contributed by atoms with E-state index in [-0.39, 0.29) is 0 Å². The molecule has 0 fully saturated rings. The summed E-state index contributed by atoms with van der Waals surface area (Å²) >= 11 is 0. The number of nitrogens with two attached hydrogens (primary N) is 1. The van der Waals surface area contributed by atoms with Gasteiger partial charge in [-0.25, -0.2) is 9.86 Å². The summed E-state index contributed by atoms with van der Waals surface area (Å²) in [6.07, 6.45) is 0.642. The van der Waals surface area contributed by atoms with Crippen LogP contribution in [-0.4, -0.2) is 28.2 Å². The molecule has 0 atom stereocenters. The number of nitrogens with one attached hydrogen (secondary N) is 1. The Kier molecular flexibility index (Phi) is 6.23. The van der Waals surface area contributed by atoms with Gasteiger partial charge in [0.15, 0.2) is 0 Å². The highest BCUT2D eigenvalue weighted by molar-refractivity contribution is 7.87. The minimum Gasteiger partial charge on any atom is -0.381 e. The average molecular weight is 210 g/mol. The van der Waals surface area contributed by atoms with Gasteiger partial charge in [0.25, 0.3) is 10.2 Å². The van der Waals surface area contributed by atoms with Crippen LogP contribution in [0.15, 0.2) is 0 Å². The van der Waals surface area contributed by atoms with Gasteiger partial charge in [0.2, 0.25) is 0 Å². The smallest absolute Gasteiger partial charge is 0.274 e. The van der Waals surface area contributed by atoms with Crippen molar-refractivity contribution in [2.24, 2.45) is 11.1 Å². The zero-order valence-corrected chi connectivity index (χ0v) is 8.93. The molecule has 0 unspecified atom stereocenters. The second-order valence-electron chi connectivity index (χ2n) is 3.26. The summed E-state index contributed by atoms with van der Waals surface area (Å²) in [6, 6.07) is 0. The molecule has 0 aliphatic rings. The molecule has 0 aromatic rings. The van der Waals surface area contributed by atoms with E-state index in [4.69, 9.17) is 9.88 Å². The lowest BCUT2D eigenvalue weighted by Crippen LogP contribution is -2.32. The van der Waals surface area contributed by atoms with Crippen molar-refractivity contribution in [2.75, 3.05) is 19.8 Å². The van der Waals surface area contributed by atoms with Crippen molar-refractivity contribution in [1.82, 2.24) is 4.72 Å². The summed E-state index contributed by atoms with van der Waals surface area (Å²) in [4.78, 5) is 0. The fourth-order valence-corrected chi connectivity index (χ4v) is 1.14. The molecule has 5 nitrogen and oxygen atoms in total. The maximum Gasteiger partial charge on any atom is 0.274 e. The maximum atomic E-state index is 10.4. The molecule has 0 spiro atoms. The fraction of sp³-hybridized carbons (Fsp3) is 1.00. The van der Waals surface area contributed by atoms with E-state index >= 15 is 0 Å². The van der Waals surface area contributed by atoms with E-state index in [1.165, 1.54) is 0 Å². The van der Waals surface area contributed by atoms with Gasteiger partial charge in [-0.05, 0) is 12.3 Å². The van der Waals surface area contributed by atoms with Gasteiger partial charge in [-0.15, -0.1) is 0 Å². The largest absolute Gasteiger partial charge is 0.381 e. The van der Waals surface area contributed by atoms with E-state index in [1.807, 2.05) is 0 Å². The van der Waals surface area contributed by atoms with E-state index < -0.39 is 10.2 Å². The maximum absolute atomic E-state index is 10.4. The van der Waals surface area contributed by atoms with Crippen LogP contribution in [0.4, 0.5) is 0 Å². The van der Waals surface area contributed by atoms with E-state index in [0.29, 0.717) is 32.1 Å². The van der Waals surface area contributed by atoms with Gasteiger partial charge in [0, 0.05) is 19.8 Å². The van der Waals surface area contributed by atoms with Gasteiger partial charge < -0.3 is 4.74 Å². The molecule has 0 aliphatic heterocycles. The normalized spacial score (nSPS) is 12.3. The van der Waals surface area contributed by atoms with Crippen LogP contribution in [0.1, 0.15) is 20.3 Å². The highest BCUT2D eigenvalue weighted by Gasteiger charge is 1.99. The number of hydrogen-bond donors (Lipinski definition) is 2. The summed E-state index contributed by atoms with van der Waals surface area (Å²) in [6.45, 7) is 5.71. The molecule has 13 heavy (non-hydrogen) atoms. The molecule has 6 heteroatoms. The molecule has 0 aliphatic carbocycles. The third-order valence-electron chi connectivity index (χ3n) is 1.22. The van der Waals surface area contributed by atoms with E-state index in [2.05, 4.69) is 18.6 Å². The van der Waals surface area contributed by atoms with E-state index in [9.17, 15) is 8.42 Å². The van der Waals surface area contributed by atoms with Crippen LogP contribution >= 0.6 is 0 Å². The standard InChI is InChI=1S/C7H18N2O3S/c1-7(2)6-12-5-3-4-9-13(8,10)11/h7,9H,3-6H2,1-2H3,(H2,8,10,11). The zero-order chi connectivity index (χ0) is 10.3. The topological polar surface area (TPSA) is 81.4 Å². The van der Waals surface area contributed by atoms with Crippen LogP contribution in [0, 0.1) is 5.92 Å². The highest BCUT2D eigenvalue weighted by Crippen LogP contribution is 1.92. The van der Waals surface area contributed by atoms with Crippen molar-refractivity contribution in [3.8, 4) is 0 Å². The third kappa shape index (κ3) is 11.8. The predicted octanol–water partition coefficient (Wildman–Crippen LogP) is -0.158. The SMILES string of the molecule is CC(C)COCCCNS(N)(=O)=O. The molecule has 0 amide bonds. The first-order valence-electron chi connectivity index (χ1n) is 4.27. The molecule has 0 radical (unpaired) electrons. The molecule has 0 rings (SSSR count). The van der Waals surface area contributed by atoms with Gasteiger partial charge in [-0.2, -0.15) is 8.42 Å². The Morgan fingerprint density at radius 1 is 1.46 bits per heavy atom. The molecule has 0 aromatic carbocycles. The lowest BCUT2D eigenvalue weighted by Gasteiger charge is -2.06. The van der Waals surface area contributed by atoms with Crippen LogP contribution < -0.4 is 9.86 Å². The van der Waals surface area contributed by atoms with Crippen LogP contribution in [-0.2, 0) is 14.9 Å². The van der Waals surface area contributed by atoms with Crippen molar-refractivity contribution < 1.29 is 13.2 Å². The van der Waals surface area contributed by atoms with Crippen LogP contribution in [0.2, 0.25) is 0 Å². The number of rotatable bonds is 7. The van der Waals surface area contributed by atoms with Crippen LogP contribution in [0.5, 0.6) is 0 Å². The van der Waals surface area contributed by atoms with Crippen molar-refractivity contribution in [1.29, 1.82) is 0 Å². The lowest BCUT2D eigenvalue weighted by atomic mass is 10.2. The monoisotopic (exact) mass is 210 g/mol. The van der Waals surface area contributed by atoms with Crippen LogP contribution in [0.25, 0.3) is 0 Å². The second kappa shape index (κ2) is 6.31. The summed E-state index contributed by atoms with van der Waals surface area (Å²) in [5.41, 5.74) is 0. The van der Waals surface area contributed by atoms with Crippen molar-refractivity contribution in [3.05, 3.63) is 0 Å². The molecule has 0 heterocycles. The summed E-state index contributed by atoms with van der Waals surface area (Å²) in [5.74, 6) is 0.506. The predicted molar refractivity (Wildman–Crippen MR) is 51.4 cm³/mol. The number of ether oxygens (including phenoxy) is 1. The highest BCUT2D eigenvalue weighted by atomic mass is 32.2. The molecule has 0 saturated heterocycles. The Morgan fingerprint density at radius 3 is 2.54 bits per heavy atom. The van der Waals surface area contributed by atoms with Gasteiger partial charge in [-0.3, -0.25) is 0 Å². The first kappa shape index (κ1) is 12.8. The van der Waals surface area contributed by atoms with Gasteiger partial charge in [0.05, 0.1) is 0 Å². The van der Waals surface area contributed by atoms with Crippen molar-refractivity contribution >= 4 is 10.2 Å². The first-order valence-corrected chi connectivity index (χ1v) is 5.81. The van der Waals surface area contributed by atoms with E-state index in [0.717, 1.165) is 0 Å².